The van der Waals surface area contributed by atoms with E-state index in [0.717, 1.165) is 0 Å². The smallest absolute Gasteiger partial charge is 0.218 e. The van der Waals surface area contributed by atoms with Crippen LogP contribution in [-0.4, -0.2) is 29.5 Å². The highest BCUT2D eigenvalue weighted by Crippen LogP contribution is 2.27. The van der Waals surface area contributed by atoms with Crippen LogP contribution in [0.5, 0.6) is 0 Å². The number of carbonyl (C=O) groups is 1. The molecule has 0 bridgehead atoms. The fourth-order valence-corrected chi connectivity index (χ4v) is 1.02. The lowest BCUT2D eigenvalue weighted by Crippen LogP contribution is -2.47. The standard InChI is InChI=1S/C6H10Cl3NO2/c1-4(11)10-5(12-2)6(8,9)3-7/h5H,3H2,1-2H3,(H,10,11). The Morgan fingerprint density at radius 1 is 1.67 bits per heavy atom. The van der Waals surface area contributed by atoms with Gasteiger partial charge in [0, 0.05) is 14.0 Å². The molecule has 0 rings (SSSR count). The summed E-state index contributed by atoms with van der Waals surface area (Å²) in [7, 11) is 1.38. The first kappa shape index (κ1) is 12.3. The van der Waals surface area contributed by atoms with Gasteiger partial charge >= 0.3 is 0 Å². The highest BCUT2D eigenvalue weighted by Gasteiger charge is 2.34. The van der Waals surface area contributed by atoms with Crippen molar-refractivity contribution in [2.45, 2.75) is 17.5 Å². The van der Waals surface area contributed by atoms with Gasteiger partial charge in [-0.3, -0.25) is 4.79 Å². The molecule has 0 aromatic rings. The normalized spacial score (nSPS) is 14.1. The van der Waals surface area contributed by atoms with Gasteiger partial charge in [-0.2, -0.15) is 0 Å². The molecule has 12 heavy (non-hydrogen) atoms. The predicted molar refractivity (Wildman–Crippen MR) is 49.8 cm³/mol. The van der Waals surface area contributed by atoms with Gasteiger partial charge in [0.25, 0.3) is 0 Å². The van der Waals surface area contributed by atoms with Gasteiger partial charge in [0.2, 0.25) is 5.91 Å². The fourth-order valence-electron chi connectivity index (χ4n) is 0.592. The minimum Gasteiger partial charge on any atom is -0.358 e. The van der Waals surface area contributed by atoms with Crippen LogP contribution in [0.3, 0.4) is 0 Å². The molecule has 0 aromatic carbocycles. The lowest BCUT2D eigenvalue weighted by Gasteiger charge is -2.26. The first-order chi connectivity index (χ1) is 5.44. The van der Waals surface area contributed by atoms with Gasteiger partial charge in [-0.1, -0.05) is 23.2 Å². The SMILES string of the molecule is COC(NC(C)=O)C(Cl)(Cl)CCl. The zero-order valence-electron chi connectivity index (χ0n) is 6.73. The maximum atomic E-state index is 10.6. The summed E-state index contributed by atoms with van der Waals surface area (Å²) < 4.78 is 3.53. The molecule has 0 fully saturated rings. The van der Waals surface area contributed by atoms with Gasteiger partial charge in [0.1, 0.15) is 0 Å². The van der Waals surface area contributed by atoms with Gasteiger partial charge < -0.3 is 10.1 Å². The average Bonchev–Trinajstić information content (AvgIpc) is 1.99. The van der Waals surface area contributed by atoms with Crippen LogP contribution in [0.15, 0.2) is 0 Å². The zero-order valence-corrected chi connectivity index (χ0v) is 9.00. The van der Waals surface area contributed by atoms with Crippen LogP contribution < -0.4 is 5.32 Å². The number of halogens is 3. The molecule has 0 aliphatic heterocycles. The van der Waals surface area contributed by atoms with Crippen molar-refractivity contribution in [2.24, 2.45) is 0 Å². The second-order valence-corrected chi connectivity index (χ2v) is 4.02. The van der Waals surface area contributed by atoms with Crippen LogP contribution in [0.4, 0.5) is 0 Å². The van der Waals surface area contributed by atoms with E-state index in [1.54, 1.807) is 0 Å². The third-order valence-corrected chi connectivity index (χ3v) is 2.49. The molecular weight excluding hydrogens is 224 g/mol. The van der Waals surface area contributed by atoms with E-state index in [9.17, 15) is 4.79 Å². The van der Waals surface area contributed by atoms with Crippen molar-refractivity contribution in [2.75, 3.05) is 13.0 Å². The summed E-state index contributed by atoms with van der Waals surface area (Å²) in [6.07, 6.45) is -0.796. The molecule has 0 aliphatic carbocycles. The molecule has 0 aromatic heterocycles. The van der Waals surface area contributed by atoms with E-state index in [1.165, 1.54) is 14.0 Å². The molecule has 72 valence electrons. The van der Waals surface area contributed by atoms with E-state index in [1.807, 2.05) is 0 Å². The van der Waals surface area contributed by atoms with E-state index in [-0.39, 0.29) is 11.8 Å². The summed E-state index contributed by atoms with van der Waals surface area (Å²) in [6.45, 7) is 1.34. The predicted octanol–water partition coefficient (Wildman–Crippen LogP) is 1.51. The lowest BCUT2D eigenvalue weighted by molar-refractivity contribution is -0.122. The fraction of sp³-hybridized carbons (Fsp3) is 0.833. The van der Waals surface area contributed by atoms with Crippen LogP contribution in [-0.2, 0) is 9.53 Å². The Kier molecular flexibility index (Phi) is 5.25. The Balaban J connectivity index is 4.23. The maximum Gasteiger partial charge on any atom is 0.218 e. The van der Waals surface area contributed by atoms with Crippen LogP contribution in [0, 0.1) is 0 Å². The summed E-state index contributed by atoms with van der Waals surface area (Å²) in [5.41, 5.74) is 0. The maximum absolute atomic E-state index is 10.6. The molecule has 0 saturated heterocycles. The first-order valence-corrected chi connectivity index (χ1v) is 4.46. The summed E-state index contributed by atoms with van der Waals surface area (Å²) in [5, 5.41) is 2.41. The van der Waals surface area contributed by atoms with Crippen LogP contribution in [0.25, 0.3) is 0 Å². The quantitative estimate of drug-likeness (QED) is 0.591. The molecule has 0 radical (unpaired) electrons. The zero-order chi connectivity index (χ0) is 9.78. The molecule has 6 heteroatoms. The minimum atomic E-state index is -1.30. The van der Waals surface area contributed by atoms with E-state index < -0.39 is 10.6 Å². The van der Waals surface area contributed by atoms with Crippen molar-refractivity contribution in [3.63, 3.8) is 0 Å². The van der Waals surface area contributed by atoms with Gasteiger partial charge in [-0.25, -0.2) is 0 Å². The molecule has 1 unspecified atom stereocenters. The van der Waals surface area contributed by atoms with Crippen LogP contribution >= 0.6 is 34.8 Å². The van der Waals surface area contributed by atoms with Gasteiger partial charge in [0.15, 0.2) is 10.6 Å². The van der Waals surface area contributed by atoms with Crippen LogP contribution in [0.1, 0.15) is 6.92 Å². The third kappa shape index (κ3) is 3.81. The number of hydrogen-bond donors (Lipinski definition) is 1. The number of ether oxygens (including phenoxy) is 1. The van der Waals surface area contributed by atoms with Crippen molar-refractivity contribution in [1.82, 2.24) is 5.32 Å². The molecule has 0 heterocycles. The third-order valence-electron chi connectivity index (χ3n) is 1.13. The van der Waals surface area contributed by atoms with Crippen LogP contribution in [0.2, 0.25) is 0 Å². The number of nitrogens with one attached hydrogen (secondary N) is 1. The van der Waals surface area contributed by atoms with E-state index in [2.05, 4.69) is 5.32 Å². The summed E-state index contributed by atoms with van der Waals surface area (Å²) in [6, 6.07) is 0. The Hall–Kier alpha value is 0.300. The second-order valence-electron chi connectivity index (χ2n) is 2.21. The lowest BCUT2D eigenvalue weighted by atomic mass is 10.4. The highest BCUT2D eigenvalue weighted by molar-refractivity contribution is 6.52. The number of hydrogen-bond acceptors (Lipinski definition) is 2. The first-order valence-electron chi connectivity index (χ1n) is 3.17. The van der Waals surface area contributed by atoms with Crippen molar-refractivity contribution in [3.8, 4) is 0 Å². The summed E-state index contributed by atoms with van der Waals surface area (Å²) in [5.74, 6) is -0.313. The van der Waals surface area contributed by atoms with E-state index in [4.69, 9.17) is 39.5 Å². The Morgan fingerprint density at radius 2 is 2.17 bits per heavy atom. The number of methoxy groups -OCH3 is 1. The Labute approximate surface area is 86.3 Å². The molecule has 1 amide bonds. The number of rotatable bonds is 4. The second kappa shape index (κ2) is 5.12. The van der Waals surface area contributed by atoms with Crippen molar-refractivity contribution < 1.29 is 9.53 Å². The largest absolute Gasteiger partial charge is 0.358 e. The van der Waals surface area contributed by atoms with E-state index in [0.29, 0.717) is 0 Å². The van der Waals surface area contributed by atoms with Crippen molar-refractivity contribution >= 4 is 40.7 Å². The van der Waals surface area contributed by atoms with Gasteiger partial charge in [0.05, 0.1) is 5.88 Å². The molecule has 0 saturated carbocycles. The molecule has 1 atom stereocenters. The number of amides is 1. The number of alkyl halides is 3. The van der Waals surface area contributed by atoms with Crippen molar-refractivity contribution in [1.29, 1.82) is 0 Å². The monoisotopic (exact) mass is 233 g/mol. The minimum absolute atomic E-state index is 0.0328. The Bertz CT molecular complexity index is 163. The highest BCUT2D eigenvalue weighted by atomic mass is 35.5. The number of carbonyl (C=O) groups excluding carboxylic acids is 1. The topological polar surface area (TPSA) is 38.3 Å². The van der Waals surface area contributed by atoms with E-state index >= 15 is 0 Å². The molecule has 3 nitrogen and oxygen atoms in total. The van der Waals surface area contributed by atoms with Gasteiger partial charge in [-0.15, -0.1) is 11.6 Å². The molecule has 0 spiro atoms. The Morgan fingerprint density at radius 3 is 2.42 bits per heavy atom. The summed E-state index contributed by atoms with van der Waals surface area (Å²) >= 11 is 16.9. The van der Waals surface area contributed by atoms with Crippen molar-refractivity contribution in [3.05, 3.63) is 0 Å². The summed E-state index contributed by atoms with van der Waals surface area (Å²) in [4.78, 5) is 10.6. The molecule has 1 N–H and O–H groups in total. The molecular formula is C6H10Cl3NO2. The average molecular weight is 235 g/mol. The van der Waals surface area contributed by atoms with Gasteiger partial charge in [-0.05, 0) is 0 Å². The molecule has 0 aliphatic rings.